The van der Waals surface area contributed by atoms with Crippen molar-refractivity contribution in [3.63, 3.8) is 0 Å². The van der Waals surface area contributed by atoms with Crippen LogP contribution in [0.3, 0.4) is 0 Å². The fourth-order valence-corrected chi connectivity index (χ4v) is 3.42. The topological polar surface area (TPSA) is 49.3 Å². The van der Waals surface area contributed by atoms with Crippen molar-refractivity contribution in [2.24, 2.45) is 5.92 Å². The van der Waals surface area contributed by atoms with Gasteiger partial charge in [-0.3, -0.25) is 4.79 Å². The zero-order valence-electron chi connectivity index (χ0n) is 13.5. The van der Waals surface area contributed by atoms with Crippen LogP contribution in [0.2, 0.25) is 0 Å². The normalized spacial score (nSPS) is 23.2. The predicted octanol–water partition coefficient (Wildman–Crippen LogP) is 2.73. The summed E-state index contributed by atoms with van der Waals surface area (Å²) in [5.74, 6) is 1.54. The van der Waals surface area contributed by atoms with Crippen LogP contribution in [0.5, 0.6) is 0 Å². The van der Waals surface area contributed by atoms with Gasteiger partial charge in [-0.25, -0.2) is 9.97 Å². The van der Waals surface area contributed by atoms with E-state index in [0.29, 0.717) is 11.5 Å². The van der Waals surface area contributed by atoms with Crippen LogP contribution in [0.1, 0.15) is 55.8 Å². The standard InChI is InChI=1S/C17H26N4O/c1-14-7-6-10-21(13-14)17-18-11-15(12-19-17)16(22)20-8-4-2-3-5-9-20/h11-12,14H,2-10,13H2,1H3. The lowest BCUT2D eigenvalue weighted by molar-refractivity contribution is 0.0761. The van der Waals surface area contributed by atoms with E-state index in [1.165, 1.54) is 25.7 Å². The first-order valence-corrected chi connectivity index (χ1v) is 8.60. The molecule has 22 heavy (non-hydrogen) atoms. The Morgan fingerprint density at radius 3 is 2.36 bits per heavy atom. The van der Waals surface area contributed by atoms with Crippen LogP contribution in [0.15, 0.2) is 12.4 Å². The molecule has 1 unspecified atom stereocenters. The largest absolute Gasteiger partial charge is 0.341 e. The maximum atomic E-state index is 12.5. The molecule has 1 aromatic rings. The minimum Gasteiger partial charge on any atom is -0.341 e. The van der Waals surface area contributed by atoms with E-state index in [9.17, 15) is 4.79 Å². The Hall–Kier alpha value is -1.65. The summed E-state index contributed by atoms with van der Waals surface area (Å²) in [7, 11) is 0. The van der Waals surface area contributed by atoms with Gasteiger partial charge in [0, 0.05) is 38.6 Å². The van der Waals surface area contributed by atoms with Crippen molar-refractivity contribution in [3.05, 3.63) is 18.0 Å². The van der Waals surface area contributed by atoms with Crippen LogP contribution in [-0.2, 0) is 0 Å². The van der Waals surface area contributed by atoms with E-state index in [-0.39, 0.29) is 5.91 Å². The van der Waals surface area contributed by atoms with Gasteiger partial charge in [0.1, 0.15) is 0 Å². The molecule has 1 aromatic heterocycles. The molecule has 0 aromatic carbocycles. The van der Waals surface area contributed by atoms with Gasteiger partial charge in [-0.15, -0.1) is 0 Å². The first kappa shape index (κ1) is 15.3. The van der Waals surface area contributed by atoms with Crippen LogP contribution in [0.4, 0.5) is 5.95 Å². The smallest absolute Gasteiger partial charge is 0.256 e. The zero-order chi connectivity index (χ0) is 15.4. The van der Waals surface area contributed by atoms with Crippen molar-refractivity contribution in [3.8, 4) is 0 Å². The van der Waals surface area contributed by atoms with Gasteiger partial charge in [-0.1, -0.05) is 19.8 Å². The molecule has 0 spiro atoms. The molecular formula is C17H26N4O. The summed E-state index contributed by atoms with van der Waals surface area (Å²) in [4.78, 5) is 25.6. The van der Waals surface area contributed by atoms with E-state index < -0.39 is 0 Å². The van der Waals surface area contributed by atoms with E-state index in [1.54, 1.807) is 12.4 Å². The molecule has 1 amide bonds. The SMILES string of the molecule is CC1CCCN(c2ncc(C(=O)N3CCCCCC3)cn2)C1. The summed E-state index contributed by atoms with van der Waals surface area (Å²) >= 11 is 0. The van der Waals surface area contributed by atoms with E-state index in [1.807, 2.05) is 4.90 Å². The Labute approximate surface area is 132 Å². The second-order valence-corrected chi connectivity index (χ2v) is 6.67. The highest BCUT2D eigenvalue weighted by Crippen LogP contribution is 2.20. The summed E-state index contributed by atoms with van der Waals surface area (Å²) < 4.78 is 0. The minimum atomic E-state index is 0.0838. The van der Waals surface area contributed by atoms with Gasteiger partial charge < -0.3 is 9.80 Å². The van der Waals surface area contributed by atoms with Gasteiger partial charge in [0.25, 0.3) is 5.91 Å². The summed E-state index contributed by atoms with van der Waals surface area (Å²) in [6.45, 7) is 6.03. The van der Waals surface area contributed by atoms with Gasteiger partial charge >= 0.3 is 0 Å². The zero-order valence-corrected chi connectivity index (χ0v) is 13.5. The molecule has 120 valence electrons. The third kappa shape index (κ3) is 3.57. The van der Waals surface area contributed by atoms with E-state index in [0.717, 1.165) is 45.0 Å². The molecule has 0 bridgehead atoms. The Morgan fingerprint density at radius 1 is 1.05 bits per heavy atom. The monoisotopic (exact) mass is 302 g/mol. The highest BCUT2D eigenvalue weighted by atomic mass is 16.2. The van der Waals surface area contributed by atoms with Crippen molar-refractivity contribution in [2.45, 2.75) is 45.4 Å². The van der Waals surface area contributed by atoms with Crippen molar-refractivity contribution >= 4 is 11.9 Å². The van der Waals surface area contributed by atoms with Gasteiger partial charge in [-0.05, 0) is 31.6 Å². The van der Waals surface area contributed by atoms with Gasteiger partial charge in [-0.2, -0.15) is 0 Å². The molecule has 5 heteroatoms. The number of piperidine rings is 1. The van der Waals surface area contributed by atoms with Crippen molar-refractivity contribution in [1.82, 2.24) is 14.9 Å². The molecule has 2 aliphatic heterocycles. The average molecular weight is 302 g/mol. The second-order valence-electron chi connectivity index (χ2n) is 6.67. The second kappa shape index (κ2) is 7.07. The summed E-state index contributed by atoms with van der Waals surface area (Å²) in [6.07, 6.45) is 10.6. The summed E-state index contributed by atoms with van der Waals surface area (Å²) in [6, 6.07) is 0. The molecular weight excluding hydrogens is 276 g/mol. The number of nitrogens with zero attached hydrogens (tertiary/aromatic N) is 4. The molecule has 0 N–H and O–H groups in total. The molecule has 3 heterocycles. The fourth-order valence-electron chi connectivity index (χ4n) is 3.42. The third-order valence-corrected chi connectivity index (χ3v) is 4.72. The minimum absolute atomic E-state index is 0.0838. The quantitative estimate of drug-likeness (QED) is 0.843. The third-order valence-electron chi connectivity index (χ3n) is 4.72. The van der Waals surface area contributed by atoms with Crippen LogP contribution < -0.4 is 4.90 Å². The van der Waals surface area contributed by atoms with Crippen molar-refractivity contribution < 1.29 is 4.79 Å². The Kier molecular flexibility index (Phi) is 4.90. The molecule has 0 saturated carbocycles. The first-order valence-electron chi connectivity index (χ1n) is 8.60. The average Bonchev–Trinajstić information content (AvgIpc) is 2.84. The molecule has 0 aliphatic carbocycles. The number of amides is 1. The number of likely N-dealkylation sites (tertiary alicyclic amines) is 1. The van der Waals surface area contributed by atoms with Gasteiger partial charge in [0.2, 0.25) is 5.95 Å². The molecule has 2 saturated heterocycles. The van der Waals surface area contributed by atoms with E-state index in [2.05, 4.69) is 21.8 Å². The highest BCUT2D eigenvalue weighted by Gasteiger charge is 2.21. The van der Waals surface area contributed by atoms with Gasteiger partial charge in [0.15, 0.2) is 0 Å². The number of hydrogen-bond acceptors (Lipinski definition) is 4. The lowest BCUT2D eigenvalue weighted by Crippen LogP contribution is -2.36. The number of anilines is 1. The predicted molar refractivity (Wildman–Crippen MR) is 87.0 cm³/mol. The molecule has 2 fully saturated rings. The first-order chi connectivity index (χ1) is 10.7. The molecule has 3 rings (SSSR count). The Balaban J connectivity index is 1.66. The van der Waals surface area contributed by atoms with E-state index in [4.69, 9.17) is 0 Å². The van der Waals surface area contributed by atoms with Crippen LogP contribution >= 0.6 is 0 Å². The van der Waals surface area contributed by atoms with Gasteiger partial charge in [0.05, 0.1) is 5.56 Å². The number of rotatable bonds is 2. The Morgan fingerprint density at radius 2 is 1.73 bits per heavy atom. The van der Waals surface area contributed by atoms with Crippen LogP contribution in [0, 0.1) is 5.92 Å². The number of aromatic nitrogens is 2. The maximum absolute atomic E-state index is 12.5. The van der Waals surface area contributed by atoms with Crippen molar-refractivity contribution in [1.29, 1.82) is 0 Å². The highest BCUT2D eigenvalue weighted by molar-refractivity contribution is 5.93. The lowest BCUT2D eigenvalue weighted by Gasteiger charge is -2.30. The molecule has 2 aliphatic rings. The van der Waals surface area contributed by atoms with Crippen LogP contribution in [-0.4, -0.2) is 47.0 Å². The molecule has 0 radical (unpaired) electrons. The summed E-state index contributed by atoms with van der Waals surface area (Å²) in [5, 5.41) is 0. The summed E-state index contributed by atoms with van der Waals surface area (Å²) in [5.41, 5.74) is 0.621. The number of carbonyl (C=O) groups excluding carboxylic acids is 1. The van der Waals surface area contributed by atoms with Crippen molar-refractivity contribution in [2.75, 3.05) is 31.1 Å². The van der Waals surface area contributed by atoms with Crippen LogP contribution in [0.25, 0.3) is 0 Å². The molecule has 1 atom stereocenters. The number of hydrogen-bond donors (Lipinski definition) is 0. The lowest BCUT2D eigenvalue weighted by atomic mass is 10.0. The maximum Gasteiger partial charge on any atom is 0.256 e. The van der Waals surface area contributed by atoms with E-state index >= 15 is 0 Å². The number of carbonyl (C=O) groups is 1. The molecule has 5 nitrogen and oxygen atoms in total. The Bertz CT molecular complexity index is 494. The fraction of sp³-hybridized carbons (Fsp3) is 0.706.